The second kappa shape index (κ2) is 6.73. The summed E-state index contributed by atoms with van der Waals surface area (Å²) in [6.45, 7) is 4.64. The van der Waals surface area contributed by atoms with E-state index >= 15 is 0 Å². The predicted octanol–water partition coefficient (Wildman–Crippen LogP) is 3.32. The molecular formula is C19H21NO3. The number of amides is 1. The monoisotopic (exact) mass is 311 g/mol. The molecule has 0 spiro atoms. The molecule has 1 N–H and O–H groups in total. The van der Waals surface area contributed by atoms with Gasteiger partial charge in [0.1, 0.15) is 11.5 Å². The highest BCUT2D eigenvalue weighted by molar-refractivity contribution is 5.78. The van der Waals surface area contributed by atoms with Crippen LogP contribution in [0.2, 0.25) is 0 Å². The molecule has 3 rings (SSSR count). The van der Waals surface area contributed by atoms with Crippen molar-refractivity contribution in [1.29, 1.82) is 0 Å². The van der Waals surface area contributed by atoms with Crippen molar-refractivity contribution < 1.29 is 14.3 Å². The first-order valence-corrected chi connectivity index (χ1v) is 7.84. The average molecular weight is 311 g/mol. The largest absolute Gasteiger partial charge is 0.493 e. The average Bonchev–Trinajstić information content (AvgIpc) is 2.54. The van der Waals surface area contributed by atoms with E-state index in [1.807, 2.05) is 56.3 Å². The number of benzene rings is 2. The van der Waals surface area contributed by atoms with Crippen molar-refractivity contribution in [2.24, 2.45) is 0 Å². The first-order chi connectivity index (χ1) is 11.1. The number of aryl methyl sites for hydroxylation is 2. The van der Waals surface area contributed by atoms with Gasteiger partial charge in [-0.05, 0) is 31.5 Å². The van der Waals surface area contributed by atoms with Crippen LogP contribution in [0.4, 0.5) is 0 Å². The number of hydrogen-bond donors (Lipinski definition) is 1. The Balaban J connectivity index is 1.60. The summed E-state index contributed by atoms with van der Waals surface area (Å²) in [6.07, 6.45) is 0.770. The van der Waals surface area contributed by atoms with Gasteiger partial charge >= 0.3 is 0 Å². The second-order valence-electron chi connectivity index (χ2n) is 5.85. The third-order valence-corrected chi connectivity index (χ3v) is 3.98. The lowest BCUT2D eigenvalue weighted by Crippen LogP contribution is -2.35. The summed E-state index contributed by atoms with van der Waals surface area (Å²) in [6, 6.07) is 13.7. The summed E-state index contributed by atoms with van der Waals surface area (Å²) in [5, 5.41) is 3.03. The standard InChI is InChI=1S/C19H21NO3/c1-13-7-8-17(14(2)11-13)23-12-19(21)20-16-9-10-22-18-6-4-3-5-15(16)18/h3-8,11,16H,9-10,12H2,1-2H3,(H,20,21)/t16-/m1/s1. The van der Waals surface area contributed by atoms with Crippen LogP contribution in [0.3, 0.4) is 0 Å². The van der Waals surface area contributed by atoms with E-state index in [2.05, 4.69) is 5.32 Å². The van der Waals surface area contributed by atoms with E-state index in [0.717, 1.165) is 29.0 Å². The highest BCUT2D eigenvalue weighted by Crippen LogP contribution is 2.31. The first kappa shape index (κ1) is 15.4. The molecule has 0 radical (unpaired) electrons. The number of para-hydroxylation sites is 1. The number of carbonyl (C=O) groups is 1. The maximum Gasteiger partial charge on any atom is 0.258 e. The van der Waals surface area contributed by atoms with Crippen molar-refractivity contribution in [3.05, 3.63) is 59.2 Å². The highest BCUT2D eigenvalue weighted by atomic mass is 16.5. The molecular weight excluding hydrogens is 290 g/mol. The van der Waals surface area contributed by atoms with Gasteiger partial charge in [0.05, 0.1) is 12.6 Å². The van der Waals surface area contributed by atoms with Crippen molar-refractivity contribution in [3.8, 4) is 11.5 Å². The van der Waals surface area contributed by atoms with E-state index in [1.54, 1.807) is 0 Å². The molecule has 1 heterocycles. The van der Waals surface area contributed by atoms with Gasteiger partial charge in [0, 0.05) is 12.0 Å². The van der Waals surface area contributed by atoms with E-state index in [0.29, 0.717) is 6.61 Å². The van der Waals surface area contributed by atoms with Crippen LogP contribution in [-0.4, -0.2) is 19.1 Å². The van der Waals surface area contributed by atoms with Crippen LogP contribution in [0.15, 0.2) is 42.5 Å². The van der Waals surface area contributed by atoms with E-state index < -0.39 is 0 Å². The van der Waals surface area contributed by atoms with Gasteiger partial charge < -0.3 is 14.8 Å². The van der Waals surface area contributed by atoms with Crippen molar-refractivity contribution >= 4 is 5.91 Å². The quantitative estimate of drug-likeness (QED) is 0.942. The van der Waals surface area contributed by atoms with E-state index in [4.69, 9.17) is 9.47 Å². The topological polar surface area (TPSA) is 47.6 Å². The Morgan fingerprint density at radius 3 is 2.91 bits per heavy atom. The highest BCUT2D eigenvalue weighted by Gasteiger charge is 2.22. The lowest BCUT2D eigenvalue weighted by Gasteiger charge is -2.26. The third kappa shape index (κ3) is 3.65. The van der Waals surface area contributed by atoms with Crippen LogP contribution in [0.5, 0.6) is 11.5 Å². The Bertz CT molecular complexity index is 712. The van der Waals surface area contributed by atoms with Crippen molar-refractivity contribution in [3.63, 3.8) is 0 Å². The van der Waals surface area contributed by atoms with Crippen molar-refractivity contribution in [2.45, 2.75) is 26.3 Å². The fourth-order valence-corrected chi connectivity index (χ4v) is 2.83. The molecule has 0 unspecified atom stereocenters. The van der Waals surface area contributed by atoms with Crippen molar-refractivity contribution in [2.75, 3.05) is 13.2 Å². The molecule has 120 valence electrons. The number of carbonyl (C=O) groups excluding carboxylic acids is 1. The van der Waals surface area contributed by atoms with Gasteiger partial charge in [0.25, 0.3) is 5.91 Å². The van der Waals surface area contributed by atoms with Crippen LogP contribution in [0.1, 0.15) is 29.2 Å². The number of nitrogens with one attached hydrogen (secondary N) is 1. The van der Waals surface area contributed by atoms with Gasteiger partial charge in [0.2, 0.25) is 0 Å². The predicted molar refractivity (Wildman–Crippen MR) is 88.8 cm³/mol. The molecule has 1 amide bonds. The van der Waals surface area contributed by atoms with Gasteiger partial charge in [-0.15, -0.1) is 0 Å². The SMILES string of the molecule is Cc1ccc(OCC(=O)N[C@@H]2CCOc3ccccc32)c(C)c1. The summed E-state index contributed by atoms with van der Waals surface area (Å²) in [5.41, 5.74) is 3.24. The summed E-state index contributed by atoms with van der Waals surface area (Å²) in [4.78, 5) is 12.2. The molecule has 0 aliphatic carbocycles. The molecule has 1 aliphatic heterocycles. The number of rotatable bonds is 4. The molecule has 23 heavy (non-hydrogen) atoms. The summed E-state index contributed by atoms with van der Waals surface area (Å²) in [7, 11) is 0. The lowest BCUT2D eigenvalue weighted by atomic mass is 10.0. The molecule has 0 saturated heterocycles. The van der Waals surface area contributed by atoms with Gasteiger partial charge in [0.15, 0.2) is 6.61 Å². The molecule has 4 heteroatoms. The molecule has 0 fully saturated rings. The first-order valence-electron chi connectivity index (χ1n) is 7.84. The number of fused-ring (bicyclic) bond motifs is 1. The Morgan fingerprint density at radius 1 is 1.26 bits per heavy atom. The molecule has 2 aromatic rings. The Labute approximate surface area is 136 Å². The minimum atomic E-state index is -0.119. The minimum absolute atomic E-state index is 0.0173. The maximum atomic E-state index is 12.2. The van der Waals surface area contributed by atoms with Crippen molar-refractivity contribution in [1.82, 2.24) is 5.32 Å². The van der Waals surface area contributed by atoms with Crippen LogP contribution in [0.25, 0.3) is 0 Å². The van der Waals surface area contributed by atoms with Gasteiger partial charge in [-0.1, -0.05) is 35.9 Å². The fourth-order valence-electron chi connectivity index (χ4n) is 2.83. The lowest BCUT2D eigenvalue weighted by molar-refractivity contribution is -0.124. The Morgan fingerprint density at radius 2 is 2.09 bits per heavy atom. The van der Waals surface area contributed by atoms with Gasteiger partial charge in [-0.25, -0.2) is 0 Å². The summed E-state index contributed by atoms with van der Waals surface area (Å²) in [5.74, 6) is 1.48. The van der Waals surface area contributed by atoms with E-state index in [-0.39, 0.29) is 18.6 Å². The molecule has 1 aliphatic rings. The summed E-state index contributed by atoms with van der Waals surface area (Å²) >= 11 is 0. The Kier molecular flexibility index (Phi) is 4.51. The van der Waals surface area contributed by atoms with Gasteiger partial charge in [-0.3, -0.25) is 4.79 Å². The molecule has 0 saturated carbocycles. The zero-order chi connectivity index (χ0) is 16.2. The molecule has 0 aromatic heterocycles. The normalized spacial score (nSPS) is 16.2. The molecule has 1 atom stereocenters. The summed E-state index contributed by atoms with van der Waals surface area (Å²) < 4.78 is 11.2. The van der Waals surface area contributed by atoms with E-state index in [1.165, 1.54) is 5.56 Å². The van der Waals surface area contributed by atoms with E-state index in [9.17, 15) is 4.79 Å². The molecule has 0 bridgehead atoms. The maximum absolute atomic E-state index is 12.2. The second-order valence-corrected chi connectivity index (χ2v) is 5.85. The zero-order valence-electron chi connectivity index (χ0n) is 13.5. The number of hydrogen-bond acceptors (Lipinski definition) is 3. The Hall–Kier alpha value is -2.49. The molecule has 4 nitrogen and oxygen atoms in total. The van der Waals surface area contributed by atoms with Crippen LogP contribution >= 0.6 is 0 Å². The fraction of sp³-hybridized carbons (Fsp3) is 0.316. The molecule has 2 aromatic carbocycles. The van der Waals surface area contributed by atoms with Crippen LogP contribution in [0, 0.1) is 13.8 Å². The smallest absolute Gasteiger partial charge is 0.258 e. The minimum Gasteiger partial charge on any atom is -0.493 e. The third-order valence-electron chi connectivity index (χ3n) is 3.98. The van der Waals surface area contributed by atoms with Crippen LogP contribution in [-0.2, 0) is 4.79 Å². The van der Waals surface area contributed by atoms with Crippen LogP contribution < -0.4 is 14.8 Å². The zero-order valence-corrected chi connectivity index (χ0v) is 13.5. The van der Waals surface area contributed by atoms with Gasteiger partial charge in [-0.2, -0.15) is 0 Å². The number of ether oxygens (including phenoxy) is 2.